The molecule has 2 atom stereocenters. The van der Waals surface area contributed by atoms with Crippen molar-refractivity contribution in [2.75, 3.05) is 20.2 Å². The topological polar surface area (TPSA) is 21.3 Å². The normalized spacial score (nSPS) is 22.7. The van der Waals surface area contributed by atoms with E-state index in [0.717, 1.165) is 23.9 Å². The van der Waals surface area contributed by atoms with E-state index in [4.69, 9.17) is 16.3 Å². The van der Waals surface area contributed by atoms with Crippen LogP contribution in [-0.2, 0) is 0 Å². The highest BCUT2D eigenvalue weighted by atomic mass is 35.5. The van der Waals surface area contributed by atoms with Gasteiger partial charge in [0.1, 0.15) is 5.75 Å². The van der Waals surface area contributed by atoms with Crippen LogP contribution in [0, 0.1) is 5.92 Å². The monoisotopic (exact) mass is 281 g/mol. The summed E-state index contributed by atoms with van der Waals surface area (Å²) in [5.41, 5.74) is 1.29. The number of methoxy groups -OCH3 is 1. The van der Waals surface area contributed by atoms with Crippen LogP contribution in [0.5, 0.6) is 5.75 Å². The average molecular weight is 282 g/mol. The Hall–Kier alpha value is -0.730. The molecular formula is C16H24ClNO. The molecule has 0 amide bonds. The van der Waals surface area contributed by atoms with Gasteiger partial charge in [0.05, 0.1) is 7.11 Å². The molecule has 0 bridgehead atoms. The van der Waals surface area contributed by atoms with E-state index in [1.807, 2.05) is 12.1 Å². The molecule has 1 N–H and O–H groups in total. The quantitative estimate of drug-likeness (QED) is 0.788. The van der Waals surface area contributed by atoms with Crippen LogP contribution >= 0.6 is 11.6 Å². The first kappa shape index (κ1) is 14.7. The minimum absolute atomic E-state index is 0.581. The summed E-state index contributed by atoms with van der Waals surface area (Å²) in [6, 6.07) is 5.99. The number of nitrogens with one attached hydrogen (secondary N) is 1. The van der Waals surface area contributed by atoms with Crippen LogP contribution in [0.3, 0.4) is 0 Å². The van der Waals surface area contributed by atoms with Gasteiger partial charge in [-0.15, -0.1) is 0 Å². The van der Waals surface area contributed by atoms with Crippen molar-refractivity contribution in [1.82, 2.24) is 5.32 Å². The SMILES string of the molecule is CCCNCC1CCCC1c1cc(Cl)ccc1OC. The summed E-state index contributed by atoms with van der Waals surface area (Å²) in [5, 5.41) is 4.36. The van der Waals surface area contributed by atoms with Gasteiger partial charge in [0, 0.05) is 5.02 Å². The van der Waals surface area contributed by atoms with Gasteiger partial charge in [-0.3, -0.25) is 0 Å². The minimum Gasteiger partial charge on any atom is -0.496 e. The summed E-state index contributed by atoms with van der Waals surface area (Å²) in [6.45, 7) is 4.42. The molecule has 2 unspecified atom stereocenters. The third-order valence-electron chi connectivity index (χ3n) is 4.08. The molecule has 1 aromatic rings. The molecule has 0 saturated heterocycles. The molecule has 1 aliphatic rings. The Kier molecular flexibility index (Phi) is 5.53. The van der Waals surface area contributed by atoms with Crippen molar-refractivity contribution in [1.29, 1.82) is 0 Å². The zero-order chi connectivity index (χ0) is 13.7. The number of hydrogen-bond acceptors (Lipinski definition) is 2. The van der Waals surface area contributed by atoms with Gasteiger partial charge in [-0.05, 0) is 68.0 Å². The van der Waals surface area contributed by atoms with Crippen LogP contribution in [0.4, 0.5) is 0 Å². The second-order valence-corrected chi connectivity index (χ2v) is 5.82. The first-order valence-corrected chi connectivity index (χ1v) is 7.68. The van der Waals surface area contributed by atoms with Gasteiger partial charge >= 0.3 is 0 Å². The predicted molar refractivity (Wildman–Crippen MR) is 81.2 cm³/mol. The number of halogens is 1. The van der Waals surface area contributed by atoms with Gasteiger partial charge in [-0.2, -0.15) is 0 Å². The highest BCUT2D eigenvalue weighted by Crippen LogP contribution is 2.43. The van der Waals surface area contributed by atoms with E-state index < -0.39 is 0 Å². The molecule has 0 aromatic heterocycles. The molecule has 0 heterocycles. The van der Waals surface area contributed by atoms with E-state index >= 15 is 0 Å². The van der Waals surface area contributed by atoms with Gasteiger partial charge in [0.15, 0.2) is 0 Å². The van der Waals surface area contributed by atoms with Gasteiger partial charge in [0.2, 0.25) is 0 Å². The number of benzene rings is 1. The van der Waals surface area contributed by atoms with Crippen LogP contribution in [0.25, 0.3) is 0 Å². The van der Waals surface area contributed by atoms with Crippen molar-refractivity contribution in [2.24, 2.45) is 5.92 Å². The Morgan fingerprint density at radius 2 is 2.21 bits per heavy atom. The van der Waals surface area contributed by atoms with E-state index in [0.29, 0.717) is 11.8 Å². The summed E-state index contributed by atoms with van der Waals surface area (Å²) in [6.07, 6.45) is 5.04. The first-order chi connectivity index (χ1) is 9.26. The maximum Gasteiger partial charge on any atom is 0.122 e. The lowest BCUT2D eigenvalue weighted by Gasteiger charge is -2.22. The molecule has 1 fully saturated rings. The van der Waals surface area contributed by atoms with E-state index in [1.165, 1.54) is 31.2 Å². The van der Waals surface area contributed by atoms with Crippen LogP contribution < -0.4 is 10.1 Å². The van der Waals surface area contributed by atoms with E-state index in [1.54, 1.807) is 7.11 Å². The average Bonchev–Trinajstić information content (AvgIpc) is 2.87. The fraction of sp³-hybridized carbons (Fsp3) is 0.625. The highest BCUT2D eigenvalue weighted by molar-refractivity contribution is 6.30. The second kappa shape index (κ2) is 7.16. The lowest BCUT2D eigenvalue weighted by molar-refractivity contribution is 0.389. The van der Waals surface area contributed by atoms with E-state index in [2.05, 4.69) is 18.3 Å². The Morgan fingerprint density at radius 1 is 1.37 bits per heavy atom. The van der Waals surface area contributed by atoms with Crippen LogP contribution in [-0.4, -0.2) is 20.2 Å². The Labute approximate surface area is 121 Å². The van der Waals surface area contributed by atoms with Gasteiger partial charge in [-0.25, -0.2) is 0 Å². The fourth-order valence-corrected chi connectivity index (χ4v) is 3.33. The molecule has 0 radical (unpaired) electrons. The highest BCUT2D eigenvalue weighted by Gasteiger charge is 2.30. The zero-order valence-electron chi connectivity index (χ0n) is 11.9. The molecule has 3 heteroatoms. The Morgan fingerprint density at radius 3 is 2.95 bits per heavy atom. The predicted octanol–water partition coefficient (Wildman–Crippen LogP) is 4.23. The third-order valence-corrected chi connectivity index (χ3v) is 4.32. The molecule has 2 rings (SSSR count). The van der Waals surface area contributed by atoms with Crippen molar-refractivity contribution >= 4 is 11.6 Å². The van der Waals surface area contributed by atoms with Crippen LogP contribution in [0.1, 0.15) is 44.1 Å². The fourth-order valence-electron chi connectivity index (χ4n) is 3.15. The molecular weight excluding hydrogens is 258 g/mol. The summed E-state index contributed by atoms with van der Waals surface area (Å²) >= 11 is 6.16. The summed E-state index contributed by atoms with van der Waals surface area (Å²) in [5.74, 6) is 2.27. The molecule has 1 aliphatic carbocycles. The van der Waals surface area contributed by atoms with Crippen molar-refractivity contribution in [2.45, 2.75) is 38.5 Å². The molecule has 0 spiro atoms. The molecule has 19 heavy (non-hydrogen) atoms. The number of rotatable bonds is 6. The number of ether oxygens (including phenoxy) is 1. The summed E-state index contributed by atoms with van der Waals surface area (Å²) < 4.78 is 5.51. The zero-order valence-corrected chi connectivity index (χ0v) is 12.7. The summed E-state index contributed by atoms with van der Waals surface area (Å²) in [7, 11) is 1.74. The van der Waals surface area contributed by atoms with Gasteiger partial charge < -0.3 is 10.1 Å². The van der Waals surface area contributed by atoms with Gasteiger partial charge in [0.25, 0.3) is 0 Å². The van der Waals surface area contributed by atoms with E-state index in [-0.39, 0.29) is 0 Å². The molecule has 1 saturated carbocycles. The van der Waals surface area contributed by atoms with Crippen molar-refractivity contribution in [3.63, 3.8) is 0 Å². The minimum atomic E-state index is 0.581. The molecule has 0 aliphatic heterocycles. The largest absolute Gasteiger partial charge is 0.496 e. The standard InChI is InChI=1S/C16H24ClNO/c1-3-9-18-11-12-5-4-6-14(12)15-10-13(17)7-8-16(15)19-2/h7-8,10,12,14,18H,3-6,9,11H2,1-2H3. The smallest absolute Gasteiger partial charge is 0.122 e. The van der Waals surface area contributed by atoms with Crippen LogP contribution in [0.2, 0.25) is 5.02 Å². The van der Waals surface area contributed by atoms with Gasteiger partial charge in [-0.1, -0.05) is 24.9 Å². The Balaban J connectivity index is 2.12. The van der Waals surface area contributed by atoms with Crippen molar-refractivity contribution in [3.8, 4) is 5.75 Å². The maximum atomic E-state index is 6.16. The maximum absolute atomic E-state index is 6.16. The van der Waals surface area contributed by atoms with E-state index in [9.17, 15) is 0 Å². The molecule has 2 nitrogen and oxygen atoms in total. The number of hydrogen-bond donors (Lipinski definition) is 1. The second-order valence-electron chi connectivity index (χ2n) is 5.39. The lowest BCUT2D eigenvalue weighted by atomic mass is 9.88. The molecule has 106 valence electrons. The third kappa shape index (κ3) is 3.64. The summed E-state index contributed by atoms with van der Waals surface area (Å²) in [4.78, 5) is 0. The lowest BCUT2D eigenvalue weighted by Crippen LogP contribution is -2.25. The first-order valence-electron chi connectivity index (χ1n) is 7.30. The van der Waals surface area contributed by atoms with Crippen LogP contribution in [0.15, 0.2) is 18.2 Å². The van der Waals surface area contributed by atoms with Crippen molar-refractivity contribution < 1.29 is 4.74 Å². The Bertz CT molecular complexity index is 408. The molecule has 1 aromatic carbocycles. The van der Waals surface area contributed by atoms with Crippen molar-refractivity contribution in [3.05, 3.63) is 28.8 Å².